The number of nitrogens with zero attached hydrogens (tertiary/aromatic N) is 2. The molecule has 3 nitrogen and oxygen atoms in total. The van der Waals surface area contributed by atoms with Gasteiger partial charge in [-0.1, -0.05) is 13.8 Å². The zero-order valence-electron chi connectivity index (χ0n) is 13.0. The van der Waals surface area contributed by atoms with Crippen LogP contribution in [-0.4, -0.2) is 24.1 Å². The van der Waals surface area contributed by atoms with E-state index in [0.717, 1.165) is 12.6 Å². The maximum absolute atomic E-state index is 4.83. The summed E-state index contributed by atoms with van der Waals surface area (Å²) in [5.74, 6) is 0. The monoisotopic (exact) mass is 293 g/mol. The fourth-order valence-electron chi connectivity index (χ4n) is 3.16. The van der Waals surface area contributed by atoms with Gasteiger partial charge in [-0.15, -0.1) is 11.3 Å². The first kappa shape index (κ1) is 14.3. The smallest absolute Gasteiger partial charge is 0.185 e. The summed E-state index contributed by atoms with van der Waals surface area (Å²) in [5.41, 5.74) is 1.76. The van der Waals surface area contributed by atoms with Crippen molar-refractivity contribution in [2.75, 3.05) is 18.0 Å². The van der Waals surface area contributed by atoms with Crippen LogP contribution in [0.15, 0.2) is 0 Å². The first-order valence-electron chi connectivity index (χ1n) is 8.10. The highest BCUT2D eigenvalue weighted by atomic mass is 32.1. The number of hydrogen-bond donors (Lipinski definition) is 1. The maximum Gasteiger partial charge on any atom is 0.185 e. The molecule has 1 saturated carbocycles. The van der Waals surface area contributed by atoms with Crippen molar-refractivity contribution in [2.45, 2.75) is 65.5 Å². The van der Waals surface area contributed by atoms with Crippen molar-refractivity contribution >= 4 is 16.5 Å². The Morgan fingerprint density at radius 3 is 2.70 bits per heavy atom. The largest absolute Gasteiger partial charge is 0.348 e. The van der Waals surface area contributed by atoms with Crippen LogP contribution in [0.3, 0.4) is 0 Å². The molecule has 0 unspecified atom stereocenters. The van der Waals surface area contributed by atoms with Gasteiger partial charge in [-0.3, -0.25) is 0 Å². The number of nitrogens with one attached hydrogen (secondary N) is 1. The number of hydrogen-bond acceptors (Lipinski definition) is 4. The molecule has 4 heteroatoms. The van der Waals surface area contributed by atoms with Gasteiger partial charge in [0.2, 0.25) is 0 Å². The van der Waals surface area contributed by atoms with Crippen LogP contribution in [0.1, 0.15) is 56.5 Å². The Balaban J connectivity index is 1.66. The summed E-state index contributed by atoms with van der Waals surface area (Å²) in [7, 11) is 0. The van der Waals surface area contributed by atoms with Crippen LogP contribution in [0.2, 0.25) is 0 Å². The Hall–Kier alpha value is -0.610. The van der Waals surface area contributed by atoms with Crippen LogP contribution in [0.25, 0.3) is 0 Å². The summed E-state index contributed by atoms with van der Waals surface area (Å²) in [4.78, 5) is 8.78. The highest BCUT2D eigenvalue weighted by Crippen LogP contribution is 2.40. The van der Waals surface area contributed by atoms with E-state index >= 15 is 0 Å². The lowest BCUT2D eigenvalue weighted by Crippen LogP contribution is -2.25. The Morgan fingerprint density at radius 1 is 1.35 bits per heavy atom. The van der Waals surface area contributed by atoms with Gasteiger partial charge in [0.05, 0.1) is 5.69 Å². The third-order valence-electron chi connectivity index (χ3n) is 5.22. The van der Waals surface area contributed by atoms with Gasteiger partial charge < -0.3 is 10.2 Å². The molecule has 1 aromatic heterocycles. The Kier molecular flexibility index (Phi) is 4.04. The summed E-state index contributed by atoms with van der Waals surface area (Å²) < 4.78 is 0. The highest BCUT2D eigenvalue weighted by Gasteiger charge is 2.36. The van der Waals surface area contributed by atoms with Crippen LogP contribution < -0.4 is 10.2 Å². The van der Waals surface area contributed by atoms with Crippen LogP contribution in [0.5, 0.6) is 0 Å². The number of aromatic nitrogens is 1. The Labute approximate surface area is 126 Å². The van der Waals surface area contributed by atoms with Crippen LogP contribution >= 0.6 is 11.3 Å². The van der Waals surface area contributed by atoms with Crippen LogP contribution in [0.4, 0.5) is 5.13 Å². The Morgan fingerprint density at radius 2 is 2.10 bits per heavy atom. The second-order valence-corrected chi connectivity index (χ2v) is 7.60. The molecule has 1 aliphatic carbocycles. The summed E-state index contributed by atoms with van der Waals surface area (Å²) >= 11 is 1.90. The summed E-state index contributed by atoms with van der Waals surface area (Å²) in [6, 6.07) is 0.777. The first-order chi connectivity index (χ1) is 9.65. The fourth-order valence-corrected chi connectivity index (χ4v) is 4.20. The van der Waals surface area contributed by atoms with Crippen LogP contribution in [-0.2, 0) is 6.54 Å². The van der Waals surface area contributed by atoms with Gasteiger partial charge in [0.15, 0.2) is 5.13 Å². The number of rotatable bonds is 6. The molecule has 2 fully saturated rings. The second-order valence-electron chi connectivity index (χ2n) is 6.54. The van der Waals surface area contributed by atoms with E-state index < -0.39 is 0 Å². The van der Waals surface area contributed by atoms with E-state index in [-0.39, 0.29) is 0 Å². The molecule has 112 valence electrons. The van der Waals surface area contributed by atoms with Crippen LogP contribution in [0, 0.1) is 12.3 Å². The molecular weight excluding hydrogens is 266 g/mol. The van der Waals surface area contributed by atoms with E-state index in [1.165, 1.54) is 60.9 Å². The number of thiazole rings is 1. The molecule has 2 aliphatic rings. The normalized spacial score (nSPS) is 21.6. The van der Waals surface area contributed by atoms with Crippen molar-refractivity contribution in [1.82, 2.24) is 10.3 Å². The molecule has 1 N–H and O–H groups in total. The van der Waals surface area contributed by atoms with Gasteiger partial charge in [0.1, 0.15) is 0 Å². The van der Waals surface area contributed by atoms with Crippen molar-refractivity contribution in [3.63, 3.8) is 0 Å². The quantitative estimate of drug-likeness (QED) is 0.866. The molecule has 0 bridgehead atoms. The van der Waals surface area contributed by atoms with E-state index in [9.17, 15) is 0 Å². The fraction of sp³-hybridized carbons (Fsp3) is 0.812. The van der Waals surface area contributed by atoms with Gasteiger partial charge in [0.25, 0.3) is 0 Å². The first-order valence-corrected chi connectivity index (χ1v) is 8.92. The minimum absolute atomic E-state index is 0.534. The zero-order valence-corrected chi connectivity index (χ0v) is 13.9. The van der Waals surface area contributed by atoms with E-state index in [1.54, 1.807) is 0 Å². The molecule has 1 saturated heterocycles. The summed E-state index contributed by atoms with van der Waals surface area (Å²) in [5, 5.41) is 4.86. The van der Waals surface area contributed by atoms with Gasteiger partial charge >= 0.3 is 0 Å². The molecule has 3 rings (SSSR count). The van der Waals surface area contributed by atoms with E-state index in [2.05, 4.69) is 31.0 Å². The third-order valence-corrected chi connectivity index (χ3v) is 6.44. The molecule has 1 aromatic rings. The predicted octanol–water partition coefficient (Wildman–Crippen LogP) is 3.72. The molecule has 0 atom stereocenters. The van der Waals surface area contributed by atoms with E-state index in [1.807, 2.05) is 11.3 Å². The van der Waals surface area contributed by atoms with Crippen molar-refractivity contribution in [3.8, 4) is 0 Å². The molecule has 0 aromatic carbocycles. The molecule has 0 amide bonds. The van der Waals surface area contributed by atoms with Crippen molar-refractivity contribution in [1.29, 1.82) is 0 Å². The minimum atomic E-state index is 0.534. The lowest BCUT2D eigenvalue weighted by molar-refractivity contribution is 0.301. The van der Waals surface area contributed by atoms with Crippen molar-refractivity contribution in [2.24, 2.45) is 5.41 Å². The zero-order chi connectivity index (χ0) is 14.2. The summed E-state index contributed by atoms with van der Waals surface area (Å²) in [6.45, 7) is 10.2. The standard InChI is InChI=1S/C16H27N3S/c1-4-16(5-2)8-9-19(11-16)15-18-12(3)14(20-15)10-17-13-6-7-13/h13,17H,4-11H2,1-3H3. The van der Waals surface area contributed by atoms with Gasteiger partial charge in [-0.25, -0.2) is 4.98 Å². The van der Waals surface area contributed by atoms with Gasteiger partial charge in [0, 0.05) is 30.6 Å². The highest BCUT2D eigenvalue weighted by molar-refractivity contribution is 7.15. The molecule has 1 aliphatic heterocycles. The average molecular weight is 293 g/mol. The predicted molar refractivity (Wildman–Crippen MR) is 86.6 cm³/mol. The van der Waals surface area contributed by atoms with Crippen molar-refractivity contribution < 1.29 is 0 Å². The van der Waals surface area contributed by atoms with Gasteiger partial charge in [-0.2, -0.15) is 0 Å². The number of aryl methyl sites for hydroxylation is 1. The summed E-state index contributed by atoms with van der Waals surface area (Å²) in [6.07, 6.45) is 6.62. The maximum atomic E-state index is 4.83. The number of anilines is 1. The molecule has 20 heavy (non-hydrogen) atoms. The lowest BCUT2D eigenvalue weighted by Gasteiger charge is -2.26. The second kappa shape index (κ2) is 5.64. The van der Waals surface area contributed by atoms with Gasteiger partial charge in [-0.05, 0) is 44.4 Å². The Bertz CT molecular complexity index is 460. The lowest BCUT2D eigenvalue weighted by atomic mass is 9.82. The average Bonchev–Trinajstić information content (AvgIpc) is 3.07. The minimum Gasteiger partial charge on any atom is -0.348 e. The molecule has 0 radical (unpaired) electrons. The van der Waals surface area contributed by atoms with E-state index in [0.29, 0.717) is 5.41 Å². The molecule has 0 spiro atoms. The van der Waals surface area contributed by atoms with E-state index in [4.69, 9.17) is 4.98 Å². The molecule has 2 heterocycles. The molecular formula is C16H27N3S. The SMILES string of the molecule is CCC1(CC)CCN(c2nc(C)c(CNC3CC3)s2)C1. The topological polar surface area (TPSA) is 28.2 Å². The third kappa shape index (κ3) is 2.86. The van der Waals surface area contributed by atoms with Crippen molar-refractivity contribution in [3.05, 3.63) is 10.6 Å².